The van der Waals surface area contributed by atoms with Gasteiger partial charge in [0.05, 0.1) is 32.4 Å². The molecule has 0 heterocycles. The highest BCUT2D eigenvalue weighted by Gasteiger charge is 2.20. The molecule has 2 aromatic carbocycles. The molecule has 8 nitrogen and oxygen atoms in total. The van der Waals surface area contributed by atoms with Crippen LogP contribution in [0.4, 0.5) is 5.69 Å². The largest absolute Gasteiger partial charge is 0.497 e. The van der Waals surface area contributed by atoms with E-state index in [0.29, 0.717) is 22.7 Å². The van der Waals surface area contributed by atoms with Crippen LogP contribution < -0.4 is 19.2 Å². The molecule has 0 atom stereocenters. The van der Waals surface area contributed by atoms with Crippen LogP contribution in [0.3, 0.4) is 0 Å². The Morgan fingerprint density at radius 3 is 2.44 bits per heavy atom. The van der Waals surface area contributed by atoms with Crippen LogP contribution in [0.25, 0.3) is 0 Å². The Balaban J connectivity index is 2.10. The molecular weight excluding hydrogens is 370 g/mol. The Bertz CT molecular complexity index is 914. The Morgan fingerprint density at radius 1 is 1.15 bits per heavy atom. The van der Waals surface area contributed by atoms with Crippen molar-refractivity contribution in [2.75, 3.05) is 31.3 Å². The predicted molar refractivity (Wildman–Crippen MR) is 104 cm³/mol. The Hall–Kier alpha value is -3.07. The van der Waals surface area contributed by atoms with E-state index < -0.39 is 22.5 Å². The lowest BCUT2D eigenvalue weighted by atomic mass is 10.2. The number of benzene rings is 2. The van der Waals surface area contributed by atoms with Crippen LogP contribution in [-0.2, 0) is 14.8 Å². The lowest BCUT2D eigenvalue weighted by Crippen LogP contribution is -2.38. The monoisotopic (exact) mass is 391 g/mol. The molecule has 0 aliphatic carbocycles. The molecule has 0 aliphatic heterocycles. The van der Waals surface area contributed by atoms with Crippen LogP contribution in [0.2, 0.25) is 0 Å². The first-order valence-electron chi connectivity index (χ1n) is 7.92. The van der Waals surface area contributed by atoms with Gasteiger partial charge < -0.3 is 9.47 Å². The van der Waals surface area contributed by atoms with Crippen molar-refractivity contribution in [2.45, 2.75) is 0 Å². The quantitative estimate of drug-likeness (QED) is 0.545. The zero-order chi connectivity index (χ0) is 19.9. The molecule has 0 aliphatic rings. The molecule has 0 aromatic heterocycles. The van der Waals surface area contributed by atoms with Crippen molar-refractivity contribution in [3.8, 4) is 11.5 Å². The van der Waals surface area contributed by atoms with Gasteiger partial charge in [0.2, 0.25) is 10.0 Å². The lowest BCUT2D eigenvalue weighted by Gasteiger charge is -2.21. The number of carbonyl (C=O) groups excluding carboxylic acids is 1. The summed E-state index contributed by atoms with van der Waals surface area (Å²) in [5.41, 5.74) is 3.31. The fraction of sp³-hybridized carbons (Fsp3) is 0.222. The van der Waals surface area contributed by atoms with Gasteiger partial charge in [-0.05, 0) is 30.3 Å². The second-order valence-electron chi connectivity index (χ2n) is 5.51. The number of anilines is 1. The van der Waals surface area contributed by atoms with Gasteiger partial charge >= 0.3 is 0 Å². The standard InChI is InChI=1S/C18H21N3O5S/c1-25-16-9-10-17(26-2)14(11-16)12-19-20-18(22)13-21(27(3,23)24)15-7-5-4-6-8-15/h4-12H,13H2,1-3H3,(H,20,22)/b19-12-. The second-order valence-corrected chi connectivity index (χ2v) is 7.41. The van der Waals surface area contributed by atoms with Gasteiger partial charge in [-0.15, -0.1) is 0 Å². The van der Waals surface area contributed by atoms with Crippen LogP contribution in [0.5, 0.6) is 11.5 Å². The average molecular weight is 391 g/mol. The first kappa shape index (κ1) is 20.2. The molecule has 0 saturated carbocycles. The van der Waals surface area contributed by atoms with Crippen molar-refractivity contribution in [2.24, 2.45) is 5.10 Å². The van der Waals surface area contributed by atoms with Crippen molar-refractivity contribution in [3.63, 3.8) is 0 Å². The van der Waals surface area contributed by atoms with Gasteiger partial charge in [0.25, 0.3) is 5.91 Å². The van der Waals surface area contributed by atoms with E-state index in [1.54, 1.807) is 48.5 Å². The Morgan fingerprint density at radius 2 is 1.85 bits per heavy atom. The van der Waals surface area contributed by atoms with Crippen molar-refractivity contribution < 1.29 is 22.7 Å². The maximum Gasteiger partial charge on any atom is 0.260 e. The number of ether oxygens (including phenoxy) is 2. The first-order valence-corrected chi connectivity index (χ1v) is 9.76. The minimum Gasteiger partial charge on any atom is -0.497 e. The van der Waals surface area contributed by atoms with E-state index in [2.05, 4.69) is 10.5 Å². The topological polar surface area (TPSA) is 97.3 Å². The molecule has 1 N–H and O–H groups in total. The van der Waals surface area contributed by atoms with Gasteiger partial charge in [0.1, 0.15) is 18.0 Å². The van der Waals surface area contributed by atoms with Crippen molar-refractivity contribution in [3.05, 3.63) is 54.1 Å². The SMILES string of the molecule is COc1ccc(OC)c(/C=N\NC(=O)CN(c2ccccc2)S(C)(=O)=O)c1. The average Bonchev–Trinajstić information content (AvgIpc) is 2.65. The molecule has 0 unspecified atom stereocenters. The molecule has 144 valence electrons. The summed E-state index contributed by atoms with van der Waals surface area (Å²) in [5.74, 6) is 0.578. The van der Waals surface area contributed by atoms with Gasteiger partial charge in [-0.1, -0.05) is 18.2 Å². The van der Waals surface area contributed by atoms with Gasteiger partial charge in [-0.25, -0.2) is 13.8 Å². The molecule has 2 rings (SSSR count). The number of sulfonamides is 1. The molecule has 0 fully saturated rings. The molecule has 1 amide bonds. The van der Waals surface area contributed by atoms with Crippen molar-refractivity contribution in [1.82, 2.24) is 5.43 Å². The van der Waals surface area contributed by atoms with E-state index in [-0.39, 0.29) is 0 Å². The highest BCUT2D eigenvalue weighted by Crippen LogP contribution is 2.22. The number of nitrogens with zero attached hydrogens (tertiary/aromatic N) is 2. The van der Waals surface area contributed by atoms with E-state index in [0.717, 1.165) is 10.6 Å². The van der Waals surface area contributed by atoms with Crippen molar-refractivity contribution >= 4 is 27.8 Å². The number of carbonyl (C=O) groups is 1. The summed E-state index contributed by atoms with van der Waals surface area (Å²) in [6, 6.07) is 13.5. The molecule has 27 heavy (non-hydrogen) atoms. The molecule has 9 heteroatoms. The fourth-order valence-corrected chi connectivity index (χ4v) is 3.13. The number of amides is 1. The van der Waals surface area contributed by atoms with Gasteiger partial charge in [0, 0.05) is 5.56 Å². The van der Waals surface area contributed by atoms with Gasteiger partial charge in [-0.3, -0.25) is 9.10 Å². The Labute approximate surface area is 158 Å². The molecule has 0 bridgehead atoms. The fourth-order valence-electron chi connectivity index (χ4n) is 2.27. The van der Waals surface area contributed by atoms with Crippen LogP contribution in [-0.4, -0.2) is 47.6 Å². The highest BCUT2D eigenvalue weighted by molar-refractivity contribution is 7.92. The maximum atomic E-state index is 12.2. The third kappa shape index (κ3) is 5.71. The molecule has 0 spiro atoms. The summed E-state index contributed by atoms with van der Waals surface area (Å²) >= 11 is 0. The number of para-hydroxylation sites is 1. The van der Waals surface area contributed by atoms with Crippen LogP contribution in [0, 0.1) is 0 Å². The molecule has 2 aromatic rings. The molecule has 0 radical (unpaired) electrons. The lowest BCUT2D eigenvalue weighted by molar-refractivity contribution is -0.119. The number of methoxy groups -OCH3 is 2. The zero-order valence-electron chi connectivity index (χ0n) is 15.2. The maximum absolute atomic E-state index is 12.2. The first-order chi connectivity index (χ1) is 12.8. The van der Waals surface area contributed by atoms with E-state index >= 15 is 0 Å². The van der Waals surface area contributed by atoms with Crippen molar-refractivity contribution in [1.29, 1.82) is 0 Å². The van der Waals surface area contributed by atoms with Crippen LogP contribution in [0.1, 0.15) is 5.56 Å². The minimum absolute atomic E-state index is 0.393. The molecule has 0 saturated heterocycles. The van der Waals surface area contributed by atoms with E-state index in [4.69, 9.17) is 9.47 Å². The summed E-state index contributed by atoms with van der Waals surface area (Å²) in [4.78, 5) is 12.2. The third-order valence-corrected chi connectivity index (χ3v) is 4.70. The summed E-state index contributed by atoms with van der Waals surface area (Å²) in [6.07, 6.45) is 2.43. The summed E-state index contributed by atoms with van der Waals surface area (Å²) in [7, 11) is -0.575. The van der Waals surface area contributed by atoms with E-state index in [1.807, 2.05) is 0 Å². The summed E-state index contributed by atoms with van der Waals surface area (Å²) in [6.45, 7) is -0.393. The normalized spacial score (nSPS) is 11.2. The number of hydrogen-bond acceptors (Lipinski definition) is 6. The zero-order valence-corrected chi connectivity index (χ0v) is 16.1. The number of rotatable bonds is 8. The smallest absolute Gasteiger partial charge is 0.260 e. The number of nitrogens with one attached hydrogen (secondary N) is 1. The molecular formula is C18H21N3O5S. The highest BCUT2D eigenvalue weighted by atomic mass is 32.2. The number of hydrogen-bond donors (Lipinski definition) is 1. The van der Waals surface area contributed by atoms with Crippen LogP contribution in [0.15, 0.2) is 53.6 Å². The van der Waals surface area contributed by atoms with Gasteiger partial charge in [-0.2, -0.15) is 5.10 Å². The Kier molecular flexibility index (Phi) is 6.78. The number of hydrazone groups is 1. The predicted octanol–water partition coefficient (Wildman–Crippen LogP) is 1.62. The van der Waals surface area contributed by atoms with E-state index in [1.165, 1.54) is 20.4 Å². The van der Waals surface area contributed by atoms with E-state index in [9.17, 15) is 13.2 Å². The minimum atomic E-state index is -3.63. The summed E-state index contributed by atoms with van der Waals surface area (Å²) < 4.78 is 35.4. The third-order valence-electron chi connectivity index (χ3n) is 3.56. The van der Waals surface area contributed by atoms with Crippen LogP contribution >= 0.6 is 0 Å². The second kappa shape index (κ2) is 9.04. The van der Waals surface area contributed by atoms with Gasteiger partial charge in [0.15, 0.2) is 0 Å². The summed E-state index contributed by atoms with van der Waals surface area (Å²) in [5, 5.41) is 3.87.